The fourth-order valence-electron chi connectivity index (χ4n) is 4.55. The van der Waals surface area contributed by atoms with Crippen LogP contribution >= 0.6 is 11.8 Å². The Hall–Kier alpha value is -0.790. The highest BCUT2D eigenvalue weighted by molar-refractivity contribution is 7.99. The molecule has 12 rings (SSSR count). The van der Waals surface area contributed by atoms with Gasteiger partial charge in [-0.1, -0.05) is 277 Å². The van der Waals surface area contributed by atoms with Crippen LogP contribution in [0, 0.1) is 11.8 Å². The van der Waals surface area contributed by atoms with E-state index >= 15 is 0 Å². The lowest BCUT2D eigenvalue weighted by molar-refractivity contribution is -0.0221. The second kappa shape index (κ2) is 211. The molecule has 0 saturated carbocycles. The Bertz CT molecular complexity index is 727. The van der Waals surface area contributed by atoms with Crippen molar-refractivity contribution < 1.29 is 38.0 Å². The Morgan fingerprint density at radius 1 is 0.371 bits per heavy atom. The largest absolute Gasteiger partial charge is 0.381 e. The lowest BCUT2D eigenvalue weighted by Gasteiger charge is -2.20. The van der Waals surface area contributed by atoms with Crippen molar-refractivity contribution in [3.8, 4) is 0 Å². The number of epoxide rings is 1. The Labute approximate surface area is 625 Å². The van der Waals surface area contributed by atoms with Crippen LogP contribution in [0.4, 0.5) is 0 Å². The van der Waals surface area contributed by atoms with Crippen LogP contribution in [0.2, 0.25) is 0 Å². The van der Waals surface area contributed by atoms with Gasteiger partial charge in [0, 0.05) is 89.3 Å². The maximum absolute atomic E-state index is 5.07. The van der Waals surface area contributed by atoms with Gasteiger partial charge in [0.15, 0.2) is 0 Å². The van der Waals surface area contributed by atoms with Gasteiger partial charge < -0.3 is 48.6 Å². The molecule has 12 aliphatic rings. The van der Waals surface area contributed by atoms with E-state index in [0.717, 1.165) is 117 Å². The molecule has 0 aromatic heterocycles. The molecule has 10 saturated heterocycles. The Morgan fingerprint density at radius 3 is 0.763 bits per heavy atom. The van der Waals surface area contributed by atoms with Crippen LogP contribution in [0.15, 0.2) is 9.98 Å². The summed E-state index contributed by atoms with van der Waals surface area (Å²) in [6, 6.07) is 1.47. The molecular formula is C82H204N6O8S. The monoisotopic (exact) mass is 1430 g/mol. The van der Waals surface area contributed by atoms with Crippen molar-refractivity contribution in [2.45, 2.75) is 387 Å². The molecule has 616 valence electrons. The first kappa shape index (κ1) is 146. The second-order valence-electron chi connectivity index (χ2n) is 15.9. The maximum Gasteiger partial charge on any atom is 0.146 e. The molecule has 4 atom stereocenters. The molecule has 15 heteroatoms. The molecule has 10 fully saturated rings. The van der Waals surface area contributed by atoms with E-state index in [4.69, 9.17) is 38.0 Å². The first-order valence-electron chi connectivity index (χ1n) is 42.1. The minimum absolute atomic E-state index is 0.500. The van der Waals surface area contributed by atoms with Crippen LogP contribution in [0.25, 0.3) is 0 Å². The van der Waals surface area contributed by atoms with Gasteiger partial charge >= 0.3 is 0 Å². The van der Waals surface area contributed by atoms with Gasteiger partial charge in [0.05, 0.1) is 65.1 Å². The predicted octanol–water partition coefficient (Wildman–Crippen LogP) is 25.4. The molecular weight excluding hydrogens is 1230 g/mol. The molecule has 0 spiro atoms. The Morgan fingerprint density at radius 2 is 0.691 bits per heavy atom. The normalized spacial score (nSPS) is 18.1. The van der Waals surface area contributed by atoms with Gasteiger partial charge in [-0.25, -0.2) is 5.48 Å². The number of aliphatic imine (C=N–C) groups is 2. The molecule has 4 N–H and O–H groups in total. The molecule has 14 nitrogen and oxygen atoms in total. The molecule has 0 bridgehead atoms. The quantitative estimate of drug-likeness (QED) is 0.170. The molecule has 0 amide bonds. The van der Waals surface area contributed by atoms with Crippen molar-refractivity contribution in [1.82, 2.24) is 21.4 Å². The topological polar surface area (TPSA) is 160 Å². The highest BCUT2D eigenvalue weighted by Gasteiger charge is 2.13. The molecule has 97 heavy (non-hydrogen) atoms. The van der Waals surface area contributed by atoms with Crippen molar-refractivity contribution >= 4 is 24.2 Å². The van der Waals surface area contributed by atoms with Crippen molar-refractivity contribution in [2.24, 2.45) is 21.8 Å². The first-order valence-corrected chi connectivity index (χ1v) is 43.3. The summed E-state index contributed by atoms with van der Waals surface area (Å²) in [6.07, 6.45) is 19.1. The van der Waals surface area contributed by atoms with Crippen molar-refractivity contribution in [3.63, 3.8) is 0 Å². The number of rotatable bonds is 0. The highest BCUT2D eigenvalue weighted by atomic mass is 32.2. The van der Waals surface area contributed by atoms with Gasteiger partial charge in [-0.05, 0) is 110 Å². The zero-order valence-electron chi connectivity index (χ0n) is 76.2. The maximum atomic E-state index is 5.07. The van der Waals surface area contributed by atoms with Crippen LogP contribution < -0.4 is 21.4 Å². The average molecular weight is 1430 g/mol. The summed E-state index contributed by atoms with van der Waals surface area (Å²) in [5.74, 6) is 4.45. The fraction of sp³-hybridized carbons (Fsp3) is 0.976. The highest BCUT2D eigenvalue weighted by Crippen LogP contribution is 2.14. The Balaban J connectivity index is -0.0000000386. The van der Waals surface area contributed by atoms with Gasteiger partial charge in [0.25, 0.3) is 0 Å². The van der Waals surface area contributed by atoms with Crippen LogP contribution in [0.1, 0.15) is 368 Å². The van der Waals surface area contributed by atoms with Crippen LogP contribution in [0.3, 0.4) is 0 Å². The zero-order valence-corrected chi connectivity index (χ0v) is 77.1. The molecule has 12 aliphatic heterocycles. The van der Waals surface area contributed by atoms with E-state index in [9.17, 15) is 0 Å². The van der Waals surface area contributed by atoms with E-state index < -0.39 is 0 Å². The van der Waals surface area contributed by atoms with Gasteiger partial charge in [-0.2, -0.15) is 11.8 Å². The van der Waals surface area contributed by atoms with Crippen LogP contribution in [-0.2, 0) is 38.0 Å². The zero-order chi connectivity index (χ0) is 80.5. The number of thioether (sulfide) groups is 1. The fourth-order valence-corrected chi connectivity index (χ4v) is 5.57. The predicted molar refractivity (Wildman–Crippen MR) is 461 cm³/mol. The lowest BCUT2D eigenvalue weighted by Crippen LogP contribution is -2.23. The van der Waals surface area contributed by atoms with E-state index in [1.54, 1.807) is 0 Å². The number of nitrogens with one attached hydrogen (secondary N) is 4. The summed E-state index contributed by atoms with van der Waals surface area (Å²) in [4.78, 5) is 12.5. The number of hydroxylamine groups is 1. The number of nitrogens with zero attached hydrogens (tertiary/aromatic N) is 2. The third-order valence-electron chi connectivity index (χ3n) is 8.96. The van der Waals surface area contributed by atoms with Crippen molar-refractivity contribution in [1.29, 1.82) is 0 Å². The van der Waals surface area contributed by atoms with Gasteiger partial charge in [0.1, 0.15) is 6.79 Å². The second-order valence-corrected chi connectivity index (χ2v) is 17.1. The van der Waals surface area contributed by atoms with Crippen LogP contribution in [0.5, 0.6) is 0 Å². The van der Waals surface area contributed by atoms with Crippen LogP contribution in [-0.4, -0.2) is 168 Å². The number of hydrogen-bond donors (Lipinski definition) is 4. The van der Waals surface area contributed by atoms with E-state index in [1.807, 2.05) is 276 Å². The minimum Gasteiger partial charge on any atom is -0.381 e. The minimum atomic E-state index is 0.500. The summed E-state index contributed by atoms with van der Waals surface area (Å²) in [5, 5.41) is 9.32. The molecule has 0 aromatic carbocycles. The summed E-state index contributed by atoms with van der Waals surface area (Å²) >= 11 is 2.07. The van der Waals surface area contributed by atoms with Gasteiger partial charge in [-0.3, -0.25) is 15.3 Å². The van der Waals surface area contributed by atoms with E-state index in [2.05, 4.69) is 77.8 Å². The third-order valence-corrected chi connectivity index (χ3v) is 10.1. The molecule has 4 unspecified atom stereocenters. The number of hydrogen-bond acceptors (Lipinski definition) is 15. The molecule has 0 aliphatic carbocycles. The smallest absolute Gasteiger partial charge is 0.146 e. The Kier molecular flexibility index (Phi) is 319. The van der Waals surface area contributed by atoms with E-state index in [-0.39, 0.29) is 0 Å². The van der Waals surface area contributed by atoms with Gasteiger partial charge in [0.2, 0.25) is 0 Å². The van der Waals surface area contributed by atoms with E-state index in [0.29, 0.717) is 18.9 Å². The summed E-state index contributed by atoms with van der Waals surface area (Å²) in [5.41, 5.74) is 2.72. The number of ether oxygens (including phenoxy) is 7. The summed E-state index contributed by atoms with van der Waals surface area (Å²) in [7, 11) is 0. The van der Waals surface area contributed by atoms with E-state index in [1.165, 1.54) is 102 Å². The lowest BCUT2D eigenvalue weighted by atomic mass is 10.1. The van der Waals surface area contributed by atoms with Crippen molar-refractivity contribution in [2.75, 3.05) is 137 Å². The molecule has 12 heterocycles. The molecule has 0 radical (unpaired) electrons. The first-order chi connectivity index (χ1) is 48.0. The summed E-state index contributed by atoms with van der Waals surface area (Å²) in [6.45, 7) is 105. The third kappa shape index (κ3) is 236. The summed E-state index contributed by atoms with van der Waals surface area (Å²) < 4.78 is 33.8. The molecule has 0 aromatic rings. The van der Waals surface area contributed by atoms with Gasteiger partial charge in [-0.15, -0.1) is 0 Å². The SMILES string of the molecule is C1CCNC1.C1CCOC1.C1CCOCC1.C1CCSC1.C1CNOC1.C1COCN1.C1COCO1.CC.CC.CC.CC.CC.CC.CC.CC.CC.CC.CC.CC.CC.CC.CC.CC.CC.CC.CC.CC1C=NC1.CC1CC=N1.CC1CN1.CC1CO1.CC1COC1. The average Bonchev–Trinajstić information content (AvgIpc) is 4.38. The standard InChI is InChI=1S/C5H10O.2C4H7N.C4H9N.2C4H8O.C4H8S.2C3H7NO.C3H7N.C3H6O2.C3H6O.19C2H6/c1-2-4-6-5-3-1;1-4-2-5-3-4;1-4-2-3-5-4;1-2-4-5-3-1;1-4-2-5-3-4;2*1-2-4-5-3-1;1-2-5-3-4-1;1-2-4-5-3-1;1-3-2-4-3;1-2-5-3-4-1;1-3-2-4-3;19*1-2/h1-5H2;2,4H,3H2,1H3;3-4H,2H2,1H3;5H,1-4H2;4H,2-3H2,1H3;2*1-4H2;2*4H,1-3H2;3-4H,2H2,1H3;1-3H2;3H,2H2,1H3;19*1-2H3. The van der Waals surface area contributed by atoms with Crippen molar-refractivity contribution in [3.05, 3.63) is 0 Å².